The van der Waals surface area contributed by atoms with Crippen LogP contribution >= 0.6 is 0 Å². The molecule has 0 bridgehead atoms. The van der Waals surface area contributed by atoms with Gasteiger partial charge < -0.3 is 10.8 Å². The minimum Gasteiger partial charge on any atom is -0.404 e. The van der Waals surface area contributed by atoms with Crippen molar-refractivity contribution in [2.75, 3.05) is 7.05 Å². The van der Waals surface area contributed by atoms with Crippen molar-refractivity contribution >= 4 is 6.21 Å². The highest BCUT2D eigenvalue weighted by molar-refractivity contribution is 5.79. The molecule has 0 aromatic rings. The lowest BCUT2D eigenvalue weighted by atomic mass is 10.0. The Balaban J connectivity index is 4.13. The summed E-state index contributed by atoms with van der Waals surface area (Å²) in [5, 5.41) is 9.57. The predicted octanol–water partition coefficient (Wildman–Crippen LogP) is 0.937. The topological polar surface area (TPSA) is 58.6 Å². The van der Waals surface area contributed by atoms with Crippen LogP contribution in [0.1, 0.15) is 20.3 Å². The molecule has 3 N–H and O–H groups in total. The van der Waals surface area contributed by atoms with Gasteiger partial charge >= 0.3 is 0 Å². The molecule has 1 atom stereocenters. The zero-order valence-corrected chi connectivity index (χ0v) is 7.99. The third-order valence-electron chi connectivity index (χ3n) is 1.55. The van der Waals surface area contributed by atoms with E-state index in [1.807, 2.05) is 0 Å². The standard InChI is InChI=1S/C9H18N2O/c1-7(2)4-9(12)8(5-10)6-11-3/h5-7,9,12H,4,10H2,1-3H3/b8-5+,11-6?. The second kappa shape index (κ2) is 5.77. The molecular formula is C9H18N2O. The molecule has 3 nitrogen and oxygen atoms in total. The average molecular weight is 170 g/mol. The fraction of sp³-hybridized carbons (Fsp3) is 0.667. The number of aliphatic hydroxyl groups excluding tert-OH is 1. The summed E-state index contributed by atoms with van der Waals surface area (Å²) in [4.78, 5) is 3.80. The maximum absolute atomic E-state index is 9.57. The van der Waals surface area contributed by atoms with Crippen molar-refractivity contribution in [2.45, 2.75) is 26.4 Å². The Labute approximate surface area is 74.0 Å². The molecule has 0 amide bonds. The molecule has 0 aromatic heterocycles. The molecule has 1 unspecified atom stereocenters. The minimum atomic E-state index is -0.487. The Morgan fingerprint density at radius 3 is 2.50 bits per heavy atom. The first-order valence-corrected chi connectivity index (χ1v) is 4.13. The van der Waals surface area contributed by atoms with Crippen LogP contribution in [0.2, 0.25) is 0 Å². The van der Waals surface area contributed by atoms with Gasteiger partial charge in [-0.15, -0.1) is 0 Å². The highest BCUT2D eigenvalue weighted by Gasteiger charge is 2.09. The monoisotopic (exact) mass is 170 g/mol. The summed E-state index contributed by atoms with van der Waals surface area (Å²) in [6.45, 7) is 4.11. The van der Waals surface area contributed by atoms with E-state index in [2.05, 4.69) is 18.8 Å². The van der Waals surface area contributed by atoms with Crippen LogP contribution in [0.3, 0.4) is 0 Å². The summed E-state index contributed by atoms with van der Waals surface area (Å²) < 4.78 is 0. The smallest absolute Gasteiger partial charge is 0.0821 e. The third kappa shape index (κ3) is 4.13. The molecule has 3 heteroatoms. The number of nitrogens with zero attached hydrogens (tertiary/aromatic N) is 1. The second-order valence-corrected chi connectivity index (χ2v) is 3.20. The van der Waals surface area contributed by atoms with Crippen molar-refractivity contribution in [3.63, 3.8) is 0 Å². The summed E-state index contributed by atoms with van der Waals surface area (Å²) in [5.74, 6) is 0.459. The Bertz CT molecular complexity index is 173. The van der Waals surface area contributed by atoms with E-state index >= 15 is 0 Å². The van der Waals surface area contributed by atoms with E-state index in [4.69, 9.17) is 5.73 Å². The Morgan fingerprint density at radius 2 is 2.17 bits per heavy atom. The molecule has 0 saturated heterocycles. The maximum Gasteiger partial charge on any atom is 0.0821 e. The molecule has 0 fully saturated rings. The summed E-state index contributed by atoms with van der Waals surface area (Å²) in [5.41, 5.74) is 6.01. The van der Waals surface area contributed by atoms with E-state index < -0.39 is 6.10 Å². The summed E-state index contributed by atoms with van der Waals surface area (Å²) in [7, 11) is 1.66. The van der Waals surface area contributed by atoms with Gasteiger partial charge in [-0.05, 0) is 12.3 Å². The number of aliphatic hydroxyl groups is 1. The predicted molar refractivity (Wildman–Crippen MR) is 52.1 cm³/mol. The van der Waals surface area contributed by atoms with Crippen molar-refractivity contribution in [2.24, 2.45) is 16.6 Å². The molecule has 0 radical (unpaired) electrons. The van der Waals surface area contributed by atoms with Gasteiger partial charge in [0.25, 0.3) is 0 Å². The van der Waals surface area contributed by atoms with Gasteiger partial charge in [0, 0.05) is 25.0 Å². The molecule has 0 saturated carbocycles. The van der Waals surface area contributed by atoms with Crippen molar-refractivity contribution in [3.8, 4) is 0 Å². The van der Waals surface area contributed by atoms with Gasteiger partial charge in [0.2, 0.25) is 0 Å². The van der Waals surface area contributed by atoms with Crippen LogP contribution in [-0.2, 0) is 0 Å². The fourth-order valence-corrected chi connectivity index (χ4v) is 0.972. The van der Waals surface area contributed by atoms with Crippen LogP contribution in [0.15, 0.2) is 16.8 Å². The first-order valence-electron chi connectivity index (χ1n) is 4.13. The van der Waals surface area contributed by atoms with Gasteiger partial charge in [-0.2, -0.15) is 0 Å². The van der Waals surface area contributed by atoms with Gasteiger partial charge in [-0.3, -0.25) is 4.99 Å². The number of rotatable bonds is 4. The number of nitrogens with two attached hydrogens (primary N) is 1. The Morgan fingerprint density at radius 1 is 1.58 bits per heavy atom. The highest BCUT2D eigenvalue weighted by Crippen LogP contribution is 2.10. The molecule has 0 rings (SSSR count). The third-order valence-corrected chi connectivity index (χ3v) is 1.55. The van der Waals surface area contributed by atoms with Crippen molar-refractivity contribution in [1.82, 2.24) is 0 Å². The SMILES string of the molecule is CN=C/C(=C\N)C(O)CC(C)C. The minimum absolute atomic E-state index is 0.459. The van der Waals surface area contributed by atoms with Crippen LogP contribution in [0.25, 0.3) is 0 Å². The average Bonchev–Trinajstić information content (AvgIpc) is 1.98. The zero-order valence-electron chi connectivity index (χ0n) is 7.99. The number of aliphatic imine (C=N–C) groups is 1. The molecule has 0 aliphatic carbocycles. The van der Waals surface area contributed by atoms with E-state index in [1.54, 1.807) is 13.3 Å². The van der Waals surface area contributed by atoms with Crippen LogP contribution in [0.5, 0.6) is 0 Å². The van der Waals surface area contributed by atoms with Crippen LogP contribution < -0.4 is 5.73 Å². The second-order valence-electron chi connectivity index (χ2n) is 3.20. The highest BCUT2D eigenvalue weighted by atomic mass is 16.3. The van der Waals surface area contributed by atoms with Gasteiger partial charge in [0.15, 0.2) is 0 Å². The molecule has 0 spiro atoms. The summed E-state index contributed by atoms with van der Waals surface area (Å²) in [6, 6.07) is 0. The molecular weight excluding hydrogens is 152 g/mol. The van der Waals surface area contributed by atoms with E-state index in [-0.39, 0.29) is 0 Å². The number of hydrogen-bond acceptors (Lipinski definition) is 3. The lowest BCUT2D eigenvalue weighted by Gasteiger charge is -2.12. The van der Waals surface area contributed by atoms with Crippen LogP contribution in [-0.4, -0.2) is 24.5 Å². The van der Waals surface area contributed by atoms with Gasteiger partial charge in [-0.25, -0.2) is 0 Å². The molecule has 0 heterocycles. The van der Waals surface area contributed by atoms with Crippen molar-refractivity contribution < 1.29 is 5.11 Å². The Kier molecular flexibility index (Phi) is 5.37. The van der Waals surface area contributed by atoms with Gasteiger partial charge in [-0.1, -0.05) is 13.8 Å². The lowest BCUT2D eigenvalue weighted by molar-refractivity contribution is 0.189. The van der Waals surface area contributed by atoms with E-state index in [1.165, 1.54) is 6.20 Å². The quantitative estimate of drug-likeness (QED) is 0.617. The maximum atomic E-state index is 9.57. The molecule has 0 aliphatic rings. The summed E-state index contributed by atoms with van der Waals surface area (Å²) in [6.07, 6.45) is 3.22. The van der Waals surface area contributed by atoms with Crippen molar-refractivity contribution in [1.29, 1.82) is 0 Å². The van der Waals surface area contributed by atoms with E-state index in [0.29, 0.717) is 11.5 Å². The van der Waals surface area contributed by atoms with Gasteiger partial charge in [0.1, 0.15) is 0 Å². The first kappa shape index (κ1) is 11.2. The lowest BCUT2D eigenvalue weighted by Crippen LogP contribution is -2.15. The molecule has 0 aliphatic heterocycles. The van der Waals surface area contributed by atoms with Gasteiger partial charge in [0.05, 0.1) is 6.10 Å². The van der Waals surface area contributed by atoms with E-state index in [9.17, 15) is 5.11 Å². The van der Waals surface area contributed by atoms with Crippen LogP contribution in [0, 0.1) is 5.92 Å². The number of hydrogen-bond donors (Lipinski definition) is 2. The molecule has 0 aromatic carbocycles. The molecule has 70 valence electrons. The Hall–Kier alpha value is -0.830. The fourth-order valence-electron chi connectivity index (χ4n) is 0.972. The summed E-state index contributed by atoms with van der Waals surface area (Å²) >= 11 is 0. The first-order chi connectivity index (χ1) is 5.61. The normalized spacial score (nSPS) is 15.9. The van der Waals surface area contributed by atoms with Crippen LogP contribution in [0.4, 0.5) is 0 Å². The zero-order chi connectivity index (χ0) is 9.56. The van der Waals surface area contributed by atoms with E-state index in [0.717, 1.165) is 6.42 Å². The molecule has 12 heavy (non-hydrogen) atoms. The van der Waals surface area contributed by atoms with Crippen molar-refractivity contribution in [3.05, 3.63) is 11.8 Å². The largest absolute Gasteiger partial charge is 0.404 e.